The number of hydrogen-bond acceptors (Lipinski definition) is 6. The van der Waals surface area contributed by atoms with Crippen LogP contribution in [0.25, 0.3) is 0 Å². The molecule has 2 amide bonds. The highest BCUT2D eigenvalue weighted by Crippen LogP contribution is 2.29. The number of aliphatic hydroxyl groups is 1. The summed E-state index contributed by atoms with van der Waals surface area (Å²) >= 11 is 12.2. The highest BCUT2D eigenvalue weighted by molar-refractivity contribution is 6.35. The molecule has 2 N–H and O–H groups in total. The second kappa shape index (κ2) is 11.4. The second-order valence-corrected chi connectivity index (χ2v) is 8.67. The number of nitrogens with zero attached hydrogens (tertiary/aromatic N) is 1. The summed E-state index contributed by atoms with van der Waals surface area (Å²) in [6.45, 7) is 1.32. The topological polar surface area (TPSA) is 97.3 Å². The molecular formula is C21H28Cl2N2O6. The number of aliphatic hydroxyl groups excluding tert-OH is 1. The van der Waals surface area contributed by atoms with Gasteiger partial charge in [-0.2, -0.15) is 0 Å². The maximum Gasteiger partial charge on any atom is 0.254 e. The molecule has 2 aliphatic heterocycles. The van der Waals surface area contributed by atoms with E-state index in [1.54, 1.807) is 30.2 Å². The van der Waals surface area contributed by atoms with Crippen molar-refractivity contribution in [3.05, 3.63) is 33.8 Å². The van der Waals surface area contributed by atoms with Crippen LogP contribution >= 0.6 is 23.2 Å². The van der Waals surface area contributed by atoms with Gasteiger partial charge in [-0.05, 0) is 31.0 Å². The van der Waals surface area contributed by atoms with E-state index in [9.17, 15) is 14.7 Å². The summed E-state index contributed by atoms with van der Waals surface area (Å²) in [5.74, 6) is -0.385. The summed E-state index contributed by atoms with van der Waals surface area (Å²) in [6.07, 6.45) is -0.0334. The zero-order valence-corrected chi connectivity index (χ0v) is 18.9. The number of carbonyl (C=O) groups is 2. The lowest BCUT2D eigenvalue weighted by molar-refractivity contribution is -0.151. The van der Waals surface area contributed by atoms with E-state index in [0.717, 1.165) is 0 Å². The number of nitrogens with one attached hydrogen (secondary N) is 1. The van der Waals surface area contributed by atoms with Gasteiger partial charge in [0.1, 0.15) is 6.10 Å². The monoisotopic (exact) mass is 474 g/mol. The van der Waals surface area contributed by atoms with Crippen LogP contribution in [0.15, 0.2) is 18.2 Å². The van der Waals surface area contributed by atoms with E-state index < -0.39 is 12.2 Å². The number of ether oxygens (including phenoxy) is 3. The van der Waals surface area contributed by atoms with Crippen LogP contribution in [-0.4, -0.2) is 86.2 Å². The van der Waals surface area contributed by atoms with Gasteiger partial charge in [-0.25, -0.2) is 0 Å². The first kappa shape index (κ1) is 24.2. The molecule has 4 atom stereocenters. The summed E-state index contributed by atoms with van der Waals surface area (Å²) in [7, 11) is 1.58. The molecule has 1 aromatic carbocycles. The van der Waals surface area contributed by atoms with Gasteiger partial charge in [0.15, 0.2) is 0 Å². The van der Waals surface area contributed by atoms with Crippen molar-refractivity contribution in [3.8, 4) is 0 Å². The van der Waals surface area contributed by atoms with Crippen molar-refractivity contribution in [2.75, 3.05) is 40.0 Å². The number of β-amino-alcohol motifs (C(OH)–C–C–N with tert-alkyl or cyclic N) is 1. The Hall–Kier alpha value is -1.42. The van der Waals surface area contributed by atoms with Crippen LogP contribution in [0.1, 0.15) is 29.6 Å². The summed E-state index contributed by atoms with van der Waals surface area (Å²) < 4.78 is 16.7. The molecule has 2 fully saturated rings. The summed E-state index contributed by atoms with van der Waals surface area (Å²) in [6, 6.07) is 4.38. The number of amides is 2. The smallest absolute Gasteiger partial charge is 0.254 e. The van der Waals surface area contributed by atoms with Crippen molar-refractivity contribution in [2.24, 2.45) is 0 Å². The van der Waals surface area contributed by atoms with Crippen LogP contribution in [0.3, 0.4) is 0 Å². The molecule has 0 saturated carbocycles. The molecular weight excluding hydrogens is 447 g/mol. The van der Waals surface area contributed by atoms with E-state index in [4.69, 9.17) is 37.4 Å². The quantitative estimate of drug-likeness (QED) is 0.611. The van der Waals surface area contributed by atoms with Gasteiger partial charge >= 0.3 is 0 Å². The molecule has 2 saturated heterocycles. The highest BCUT2D eigenvalue weighted by atomic mass is 35.5. The number of methoxy groups -OCH3 is 1. The van der Waals surface area contributed by atoms with Crippen molar-refractivity contribution < 1.29 is 28.9 Å². The molecule has 10 heteroatoms. The minimum Gasteiger partial charge on any atom is -0.389 e. The third-order valence-corrected chi connectivity index (χ3v) is 5.83. The fraction of sp³-hybridized carbons (Fsp3) is 0.619. The largest absolute Gasteiger partial charge is 0.389 e. The molecule has 2 heterocycles. The van der Waals surface area contributed by atoms with E-state index >= 15 is 0 Å². The Labute approximate surface area is 191 Å². The summed E-state index contributed by atoms with van der Waals surface area (Å²) in [4.78, 5) is 27.1. The molecule has 0 bridgehead atoms. The van der Waals surface area contributed by atoms with E-state index in [-0.39, 0.29) is 50.1 Å². The minimum absolute atomic E-state index is 0.0921. The Kier molecular flexibility index (Phi) is 8.95. The molecule has 0 unspecified atom stereocenters. The Morgan fingerprint density at radius 1 is 1.23 bits per heavy atom. The molecule has 8 nitrogen and oxygen atoms in total. The molecule has 2 aliphatic rings. The van der Waals surface area contributed by atoms with Crippen LogP contribution in [0.2, 0.25) is 10.0 Å². The molecule has 0 spiro atoms. The number of benzene rings is 1. The van der Waals surface area contributed by atoms with Crippen molar-refractivity contribution >= 4 is 35.0 Å². The molecule has 3 rings (SSSR count). The van der Waals surface area contributed by atoms with Crippen molar-refractivity contribution in [3.63, 3.8) is 0 Å². The first-order valence-electron chi connectivity index (χ1n) is 10.3. The second-order valence-electron chi connectivity index (χ2n) is 7.80. The Balaban J connectivity index is 1.71. The molecule has 1 aromatic rings. The predicted octanol–water partition coefficient (Wildman–Crippen LogP) is 1.90. The lowest BCUT2D eigenvalue weighted by atomic mass is 9.94. The number of halogens is 2. The molecule has 172 valence electrons. The Morgan fingerprint density at radius 3 is 2.68 bits per heavy atom. The lowest BCUT2D eigenvalue weighted by Crippen LogP contribution is -2.57. The van der Waals surface area contributed by atoms with E-state index in [2.05, 4.69) is 5.32 Å². The third kappa shape index (κ3) is 6.78. The van der Waals surface area contributed by atoms with Crippen molar-refractivity contribution in [2.45, 2.75) is 43.6 Å². The van der Waals surface area contributed by atoms with Crippen LogP contribution in [0.5, 0.6) is 0 Å². The Morgan fingerprint density at radius 2 is 1.97 bits per heavy atom. The maximum atomic E-state index is 13.3. The standard InChI is InChI=1S/C21H28Cl2N2O6/c1-29-5-4-24-20(27)9-17-2-3-18-19(31-17)12-30-11-16(26)10-25(18)21(28)13-6-14(22)8-15(23)7-13/h6-8,16-19,26H,2-5,9-12H2,1H3,(H,24,27)/t16-,17-,18+,19-/m0/s1. The van der Waals surface area contributed by atoms with Gasteiger partial charge in [-0.15, -0.1) is 0 Å². The normalized spacial score (nSPS) is 26.5. The van der Waals surface area contributed by atoms with Crippen LogP contribution < -0.4 is 5.32 Å². The zero-order chi connectivity index (χ0) is 22.4. The van der Waals surface area contributed by atoms with Gasteiger partial charge in [0.25, 0.3) is 5.91 Å². The van der Waals surface area contributed by atoms with Gasteiger partial charge in [0.05, 0.1) is 44.5 Å². The first-order valence-corrected chi connectivity index (χ1v) is 11.1. The zero-order valence-electron chi connectivity index (χ0n) is 17.4. The van der Waals surface area contributed by atoms with Gasteiger partial charge in [-0.1, -0.05) is 23.2 Å². The van der Waals surface area contributed by atoms with Crippen LogP contribution in [-0.2, 0) is 19.0 Å². The maximum absolute atomic E-state index is 13.3. The summed E-state index contributed by atoms with van der Waals surface area (Å²) in [5, 5.41) is 13.8. The van der Waals surface area contributed by atoms with Gasteiger partial charge in [0, 0.05) is 35.8 Å². The van der Waals surface area contributed by atoms with E-state index in [1.807, 2.05) is 0 Å². The SMILES string of the molecule is COCCNC(=O)C[C@@H]1CC[C@@H]2[C@H](COC[C@@H](O)CN2C(=O)c2cc(Cl)cc(Cl)c2)O1. The van der Waals surface area contributed by atoms with E-state index in [0.29, 0.717) is 41.6 Å². The van der Waals surface area contributed by atoms with Gasteiger partial charge in [-0.3, -0.25) is 9.59 Å². The van der Waals surface area contributed by atoms with Crippen LogP contribution in [0.4, 0.5) is 0 Å². The van der Waals surface area contributed by atoms with E-state index in [1.165, 1.54) is 0 Å². The number of fused-ring (bicyclic) bond motifs is 1. The fourth-order valence-corrected chi connectivity index (χ4v) is 4.52. The predicted molar refractivity (Wildman–Crippen MR) is 116 cm³/mol. The average Bonchev–Trinajstić information content (AvgIpc) is 2.70. The number of rotatable bonds is 6. The fourth-order valence-electron chi connectivity index (χ4n) is 3.99. The molecule has 0 aliphatic carbocycles. The molecule has 0 aromatic heterocycles. The van der Waals surface area contributed by atoms with Crippen molar-refractivity contribution in [1.82, 2.24) is 10.2 Å². The number of carbonyl (C=O) groups excluding carboxylic acids is 2. The molecule has 0 radical (unpaired) electrons. The Bertz CT molecular complexity index is 760. The highest BCUT2D eigenvalue weighted by Gasteiger charge is 2.40. The first-order chi connectivity index (χ1) is 14.9. The van der Waals surface area contributed by atoms with Crippen LogP contribution in [0, 0.1) is 0 Å². The minimum atomic E-state index is -0.816. The molecule has 31 heavy (non-hydrogen) atoms. The van der Waals surface area contributed by atoms with Crippen molar-refractivity contribution in [1.29, 1.82) is 0 Å². The number of hydrogen-bond donors (Lipinski definition) is 2. The summed E-state index contributed by atoms with van der Waals surface area (Å²) in [5.41, 5.74) is 0.351. The third-order valence-electron chi connectivity index (χ3n) is 5.39. The average molecular weight is 475 g/mol. The van der Waals surface area contributed by atoms with Gasteiger partial charge in [0.2, 0.25) is 5.91 Å². The van der Waals surface area contributed by atoms with Gasteiger partial charge < -0.3 is 29.5 Å². The lowest BCUT2D eigenvalue weighted by Gasteiger charge is -2.44.